The largest absolute Gasteiger partial charge is 0.377 e. The van der Waals surface area contributed by atoms with Crippen molar-refractivity contribution in [3.05, 3.63) is 58.1 Å². The number of hydrogen-bond donors (Lipinski definition) is 1. The van der Waals surface area contributed by atoms with Crippen molar-refractivity contribution in [2.24, 2.45) is 0 Å². The predicted octanol–water partition coefficient (Wildman–Crippen LogP) is 3.66. The van der Waals surface area contributed by atoms with E-state index in [-0.39, 0.29) is 32.6 Å². The molecule has 6 nitrogen and oxygen atoms in total. The van der Waals surface area contributed by atoms with Crippen molar-refractivity contribution < 1.29 is 17.9 Å². The van der Waals surface area contributed by atoms with E-state index in [1.54, 1.807) is 23.1 Å². The molecule has 1 N–H and O–H groups in total. The van der Waals surface area contributed by atoms with E-state index >= 15 is 0 Å². The minimum atomic E-state index is -3.96. The van der Waals surface area contributed by atoms with Gasteiger partial charge in [0.2, 0.25) is 0 Å². The van der Waals surface area contributed by atoms with Crippen molar-refractivity contribution in [2.75, 3.05) is 24.5 Å². The zero-order valence-corrected chi connectivity index (χ0v) is 16.8. The standard InChI is InChI=1S/C18H18Cl2N2O4S/c1-12-11-26-8-7-22(12)18(23)13-3-2-4-15(9-13)21-27(24,25)17-10-14(19)5-6-16(17)20/h2-6,9-10,12,21H,7-8,11H2,1H3. The van der Waals surface area contributed by atoms with Gasteiger partial charge in [-0.25, -0.2) is 8.42 Å². The van der Waals surface area contributed by atoms with E-state index in [4.69, 9.17) is 27.9 Å². The zero-order chi connectivity index (χ0) is 19.6. The van der Waals surface area contributed by atoms with Crippen LogP contribution in [0.15, 0.2) is 47.4 Å². The molecule has 2 aromatic carbocycles. The second-order valence-corrected chi connectivity index (χ2v) is 8.68. The Labute approximate surface area is 168 Å². The first-order chi connectivity index (χ1) is 12.8. The number of halogens is 2. The molecule has 0 saturated carbocycles. The molecule has 3 rings (SSSR count). The van der Waals surface area contributed by atoms with Gasteiger partial charge in [0.05, 0.1) is 24.3 Å². The summed E-state index contributed by atoms with van der Waals surface area (Å²) in [6.07, 6.45) is 0. The summed E-state index contributed by atoms with van der Waals surface area (Å²) in [5.41, 5.74) is 0.652. The average molecular weight is 429 g/mol. The minimum Gasteiger partial charge on any atom is -0.377 e. The van der Waals surface area contributed by atoms with E-state index < -0.39 is 10.0 Å². The number of carbonyl (C=O) groups is 1. The van der Waals surface area contributed by atoms with Gasteiger partial charge in [-0.2, -0.15) is 0 Å². The van der Waals surface area contributed by atoms with Crippen molar-refractivity contribution in [3.63, 3.8) is 0 Å². The second kappa shape index (κ2) is 8.06. The fourth-order valence-corrected chi connectivity index (χ4v) is 4.62. The predicted molar refractivity (Wildman–Crippen MR) is 105 cm³/mol. The highest BCUT2D eigenvalue weighted by Crippen LogP contribution is 2.27. The highest BCUT2D eigenvalue weighted by atomic mass is 35.5. The summed E-state index contributed by atoms with van der Waals surface area (Å²) >= 11 is 11.9. The summed E-state index contributed by atoms with van der Waals surface area (Å²) < 4.78 is 33.1. The third kappa shape index (κ3) is 4.55. The third-order valence-electron chi connectivity index (χ3n) is 4.17. The number of benzene rings is 2. The first-order valence-electron chi connectivity index (χ1n) is 8.24. The Balaban J connectivity index is 1.85. The molecule has 1 aliphatic rings. The number of nitrogens with one attached hydrogen (secondary N) is 1. The number of sulfonamides is 1. The Hall–Kier alpha value is -1.80. The Morgan fingerprint density at radius 3 is 2.74 bits per heavy atom. The van der Waals surface area contributed by atoms with E-state index in [1.165, 1.54) is 24.3 Å². The van der Waals surface area contributed by atoms with Crippen molar-refractivity contribution in [1.82, 2.24) is 4.90 Å². The first-order valence-corrected chi connectivity index (χ1v) is 10.5. The molecule has 1 unspecified atom stereocenters. The Bertz CT molecular complexity index is 966. The molecule has 0 aliphatic carbocycles. The van der Waals surface area contributed by atoms with Crippen LogP contribution in [0, 0.1) is 0 Å². The topological polar surface area (TPSA) is 75.7 Å². The fraction of sp³-hybridized carbons (Fsp3) is 0.278. The second-order valence-electron chi connectivity index (χ2n) is 6.18. The number of morpholine rings is 1. The minimum absolute atomic E-state index is 0.0446. The zero-order valence-electron chi connectivity index (χ0n) is 14.5. The molecule has 9 heteroatoms. The van der Waals surface area contributed by atoms with Gasteiger partial charge in [0.25, 0.3) is 15.9 Å². The first kappa shape index (κ1) is 19.9. The van der Waals surface area contributed by atoms with Gasteiger partial charge in [-0.3, -0.25) is 9.52 Å². The van der Waals surface area contributed by atoms with Crippen molar-refractivity contribution in [3.8, 4) is 0 Å². The molecule has 1 heterocycles. The smallest absolute Gasteiger partial charge is 0.263 e. The summed E-state index contributed by atoms with van der Waals surface area (Å²) in [4.78, 5) is 14.3. The van der Waals surface area contributed by atoms with Crippen molar-refractivity contribution >= 4 is 44.8 Å². The van der Waals surface area contributed by atoms with Crippen LogP contribution >= 0.6 is 23.2 Å². The summed E-state index contributed by atoms with van der Waals surface area (Å²) in [6.45, 7) is 3.36. The molecule has 1 fully saturated rings. The molecule has 0 spiro atoms. The number of nitrogens with zero attached hydrogens (tertiary/aromatic N) is 1. The van der Waals surface area contributed by atoms with E-state index in [9.17, 15) is 13.2 Å². The fourth-order valence-electron chi connectivity index (χ4n) is 2.80. The molecule has 0 aromatic heterocycles. The van der Waals surface area contributed by atoms with Crippen LogP contribution in [0.2, 0.25) is 10.0 Å². The van der Waals surface area contributed by atoms with Gasteiger partial charge in [0.15, 0.2) is 0 Å². The summed E-state index contributed by atoms with van der Waals surface area (Å²) in [5.74, 6) is -0.173. The number of ether oxygens (including phenoxy) is 1. The number of anilines is 1. The molecule has 27 heavy (non-hydrogen) atoms. The van der Waals surface area contributed by atoms with E-state index in [0.29, 0.717) is 25.3 Å². The van der Waals surface area contributed by atoms with Gasteiger partial charge in [-0.05, 0) is 43.3 Å². The lowest BCUT2D eigenvalue weighted by molar-refractivity contribution is 0.00360. The maximum Gasteiger partial charge on any atom is 0.263 e. The molecule has 1 aliphatic heterocycles. The van der Waals surface area contributed by atoms with Gasteiger partial charge in [0, 0.05) is 22.8 Å². The quantitative estimate of drug-likeness (QED) is 0.805. The number of amides is 1. The van der Waals surface area contributed by atoms with Crippen LogP contribution in [0.5, 0.6) is 0 Å². The number of hydrogen-bond acceptors (Lipinski definition) is 4. The van der Waals surface area contributed by atoms with Crippen LogP contribution in [-0.4, -0.2) is 45.0 Å². The lowest BCUT2D eigenvalue weighted by Crippen LogP contribution is -2.47. The Morgan fingerprint density at radius 1 is 1.22 bits per heavy atom. The van der Waals surface area contributed by atoms with E-state index in [1.807, 2.05) is 6.92 Å². The van der Waals surface area contributed by atoms with Gasteiger partial charge >= 0.3 is 0 Å². The molecule has 1 saturated heterocycles. The number of rotatable bonds is 4. The molecule has 1 amide bonds. The monoisotopic (exact) mass is 428 g/mol. The lowest BCUT2D eigenvalue weighted by Gasteiger charge is -2.33. The van der Waals surface area contributed by atoms with Crippen LogP contribution in [-0.2, 0) is 14.8 Å². The Morgan fingerprint density at radius 2 is 2.00 bits per heavy atom. The SMILES string of the molecule is CC1COCCN1C(=O)c1cccc(NS(=O)(=O)c2cc(Cl)ccc2Cl)c1. The van der Waals surface area contributed by atoms with Gasteiger partial charge in [-0.1, -0.05) is 29.3 Å². The van der Waals surface area contributed by atoms with Crippen LogP contribution in [0.1, 0.15) is 17.3 Å². The summed E-state index contributed by atoms with van der Waals surface area (Å²) in [7, 11) is -3.96. The summed E-state index contributed by atoms with van der Waals surface area (Å²) in [6, 6.07) is 10.5. The highest BCUT2D eigenvalue weighted by molar-refractivity contribution is 7.92. The normalized spacial score (nSPS) is 17.6. The maximum absolute atomic E-state index is 12.8. The molecule has 1 atom stereocenters. The van der Waals surface area contributed by atoms with Crippen LogP contribution < -0.4 is 4.72 Å². The van der Waals surface area contributed by atoms with Crippen molar-refractivity contribution in [2.45, 2.75) is 17.9 Å². The number of carbonyl (C=O) groups excluding carboxylic acids is 1. The Kier molecular flexibility index (Phi) is 5.95. The molecule has 144 valence electrons. The van der Waals surface area contributed by atoms with Crippen molar-refractivity contribution in [1.29, 1.82) is 0 Å². The average Bonchev–Trinajstić information content (AvgIpc) is 2.63. The van der Waals surface area contributed by atoms with Crippen LogP contribution in [0.25, 0.3) is 0 Å². The van der Waals surface area contributed by atoms with E-state index in [0.717, 1.165) is 0 Å². The molecule has 0 radical (unpaired) electrons. The highest BCUT2D eigenvalue weighted by Gasteiger charge is 2.25. The third-order valence-corrected chi connectivity index (χ3v) is 6.27. The van der Waals surface area contributed by atoms with Gasteiger partial charge in [-0.15, -0.1) is 0 Å². The van der Waals surface area contributed by atoms with Gasteiger partial charge in [0.1, 0.15) is 4.90 Å². The lowest BCUT2D eigenvalue weighted by atomic mass is 10.1. The van der Waals surface area contributed by atoms with Gasteiger partial charge < -0.3 is 9.64 Å². The maximum atomic E-state index is 12.8. The summed E-state index contributed by atoms with van der Waals surface area (Å²) in [5, 5.41) is 0.311. The van der Waals surface area contributed by atoms with Crippen LogP contribution in [0.3, 0.4) is 0 Å². The molecular formula is C18H18Cl2N2O4S. The molecule has 0 bridgehead atoms. The molecule has 2 aromatic rings. The van der Waals surface area contributed by atoms with E-state index in [2.05, 4.69) is 4.72 Å². The molecular weight excluding hydrogens is 411 g/mol. The van der Waals surface area contributed by atoms with Crippen LogP contribution in [0.4, 0.5) is 5.69 Å².